The Labute approximate surface area is 79.6 Å². The van der Waals surface area contributed by atoms with Crippen LogP contribution in [0.2, 0.25) is 0 Å². The number of rotatable bonds is 2. The number of amides is 2. The van der Waals surface area contributed by atoms with Crippen LogP contribution in [-0.4, -0.2) is 26.9 Å². The Morgan fingerprint density at radius 3 is 1.11 bits per heavy atom. The topological polar surface area (TPSA) is 58.2 Å². The molecule has 0 bridgehead atoms. The van der Waals surface area contributed by atoms with Gasteiger partial charge >= 0.3 is 0 Å². The summed E-state index contributed by atoms with van der Waals surface area (Å²) in [7, 11) is 3.01. The zero-order chi connectivity index (χ0) is 6.83. The summed E-state index contributed by atoms with van der Waals surface area (Å²) in [5, 5.41) is 4.25. The maximum Gasteiger partial charge on any atom is 0 e. The van der Waals surface area contributed by atoms with E-state index in [9.17, 15) is 0 Å². The van der Waals surface area contributed by atoms with Gasteiger partial charge in [0.15, 0.2) is 0 Å². The van der Waals surface area contributed by atoms with Crippen molar-refractivity contribution in [2.75, 3.05) is 14.1 Å². The average molecular weight is 205 g/mol. The second-order valence-electron chi connectivity index (χ2n) is 0.704. The van der Waals surface area contributed by atoms with Crippen molar-refractivity contribution in [3.63, 3.8) is 0 Å². The maximum atomic E-state index is 8.94. The van der Waals surface area contributed by atoms with Gasteiger partial charge in [0.05, 0.1) is 0 Å². The molecule has 2 amide bonds. The van der Waals surface area contributed by atoms with Crippen LogP contribution in [0.3, 0.4) is 0 Å². The zero-order valence-corrected chi connectivity index (χ0v) is 8.23. The molecule has 4 nitrogen and oxygen atoms in total. The summed E-state index contributed by atoms with van der Waals surface area (Å²) >= 11 is 0. The summed E-state index contributed by atoms with van der Waals surface area (Å²) in [4.78, 5) is 17.9. The molecule has 0 saturated carbocycles. The SMILES string of the molecule is CN[C-]=O.CN[C-]=O.[Y]. The Bertz CT molecular complexity index is 52.5. The van der Waals surface area contributed by atoms with Crippen LogP contribution in [0.25, 0.3) is 0 Å². The molecule has 51 valence electrons. The van der Waals surface area contributed by atoms with Crippen molar-refractivity contribution in [3.8, 4) is 0 Å². The van der Waals surface area contributed by atoms with Gasteiger partial charge in [-0.15, -0.1) is 0 Å². The third-order valence-corrected chi connectivity index (χ3v) is 0.204. The molecule has 0 saturated heterocycles. The summed E-state index contributed by atoms with van der Waals surface area (Å²) < 4.78 is 0. The molecule has 0 aromatic carbocycles. The first kappa shape index (κ1) is 16.0. The standard InChI is InChI=1S/2C2H4NO.Y/c2*1-3-2-4;/h2*1H3,(H,3,4);/q2*-1;. The van der Waals surface area contributed by atoms with E-state index in [0.717, 1.165) is 0 Å². The van der Waals surface area contributed by atoms with Gasteiger partial charge in [0.1, 0.15) is 0 Å². The van der Waals surface area contributed by atoms with Gasteiger partial charge in [-0.2, -0.15) is 12.8 Å². The average Bonchev–Trinajstić information content (AvgIpc) is 1.88. The van der Waals surface area contributed by atoms with E-state index in [2.05, 4.69) is 10.6 Å². The van der Waals surface area contributed by atoms with Crippen molar-refractivity contribution in [1.29, 1.82) is 0 Å². The van der Waals surface area contributed by atoms with E-state index in [1.54, 1.807) is 0 Å². The molecule has 0 unspecified atom stereocenters. The molecular formula is C4H8N2O2Y-2. The van der Waals surface area contributed by atoms with E-state index in [4.69, 9.17) is 9.59 Å². The van der Waals surface area contributed by atoms with Gasteiger partial charge in [-0.25, -0.2) is 0 Å². The molecule has 0 aromatic rings. The van der Waals surface area contributed by atoms with Gasteiger partial charge in [0.2, 0.25) is 0 Å². The number of hydrogen-bond donors (Lipinski definition) is 2. The molecule has 0 aliphatic carbocycles. The molecule has 0 aliphatic rings. The second-order valence-corrected chi connectivity index (χ2v) is 0.704. The van der Waals surface area contributed by atoms with Crippen LogP contribution >= 0.6 is 0 Å². The van der Waals surface area contributed by atoms with Crippen molar-refractivity contribution in [3.05, 3.63) is 0 Å². The first-order valence-electron chi connectivity index (χ1n) is 1.91. The first-order chi connectivity index (χ1) is 3.83. The van der Waals surface area contributed by atoms with Crippen molar-refractivity contribution in [2.24, 2.45) is 0 Å². The molecule has 0 atom stereocenters. The second kappa shape index (κ2) is 24.4. The molecule has 5 heteroatoms. The largest absolute Gasteiger partial charge is 0.532 e. The minimum absolute atomic E-state index is 0. The molecule has 0 spiro atoms. The molecule has 2 N–H and O–H groups in total. The Morgan fingerprint density at radius 2 is 1.11 bits per heavy atom. The fraction of sp³-hybridized carbons (Fsp3) is 0.500. The van der Waals surface area contributed by atoms with Gasteiger partial charge in [0.25, 0.3) is 0 Å². The predicted octanol–water partition coefficient (Wildman–Crippen LogP) is -1.46. The van der Waals surface area contributed by atoms with E-state index in [1.165, 1.54) is 26.9 Å². The molecule has 0 heterocycles. The molecule has 1 radical (unpaired) electrons. The first-order valence-corrected chi connectivity index (χ1v) is 1.91. The van der Waals surface area contributed by atoms with Crippen LogP contribution in [-0.2, 0) is 42.3 Å². The van der Waals surface area contributed by atoms with E-state index in [1.807, 2.05) is 0 Å². The van der Waals surface area contributed by atoms with Gasteiger partial charge in [0, 0.05) is 32.7 Å². The van der Waals surface area contributed by atoms with E-state index in [-0.39, 0.29) is 32.7 Å². The van der Waals surface area contributed by atoms with Gasteiger partial charge < -0.3 is 20.2 Å². The Morgan fingerprint density at radius 1 is 1.00 bits per heavy atom. The number of hydrogen-bond acceptors (Lipinski definition) is 2. The van der Waals surface area contributed by atoms with Crippen LogP contribution in [0.5, 0.6) is 0 Å². The predicted molar refractivity (Wildman–Crippen MR) is 29.5 cm³/mol. The van der Waals surface area contributed by atoms with E-state index in [0.29, 0.717) is 0 Å². The van der Waals surface area contributed by atoms with Crippen molar-refractivity contribution in [1.82, 2.24) is 10.6 Å². The van der Waals surface area contributed by atoms with Crippen LogP contribution in [0, 0.1) is 0 Å². The molecule has 9 heavy (non-hydrogen) atoms. The molecule has 0 aromatic heterocycles. The molecule has 0 aliphatic heterocycles. The van der Waals surface area contributed by atoms with Gasteiger partial charge in [-0.1, -0.05) is 0 Å². The van der Waals surface area contributed by atoms with E-state index >= 15 is 0 Å². The summed E-state index contributed by atoms with van der Waals surface area (Å²) in [5.74, 6) is 0. The Hall–Kier alpha value is 0.0439. The summed E-state index contributed by atoms with van der Waals surface area (Å²) in [6.07, 6.45) is 2.86. The van der Waals surface area contributed by atoms with Crippen LogP contribution < -0.4 is 10.6 Å². The van der Waals surface area contributed by atoms with Crippen LogP contribution in [0.15, 0.2) is 0 Å². The molecular weight excluding hydrogens is 197 g/mol. The van der Waals surface area contributed by atoms with Crippen LogP contribution in [0.1, 0.15) is 0 Å². The third kappa shape index (κ3) is 70.3. The number of nitrogens with one attached hydrogen (secondary N) is 2. The summed E-state index contributed by atoms with van der Waals surface area (Å²) in [5.41, 5.74) is 0. The smallest absolute Gasteiger partial charge is 0 e. The fourth-order valence-electron chi connectivity index (χ4n) is 0. The third-order valence-electron chi connectivity index (χ3n) is 0.204. The Kier molecular flexibility index (Phi) is 43.4. The van der Waals surface area contributed by atoms with E-state index < -0.39 is 0 Å². The quantitative estimate of drug-likeness (QED) is 0.427. The number of carbonyl (C=O) groups excluding carboxylic acids is 2. The summed E-state index contributed by atoms with van der Waals surface area (Å²) in [6.45, 7) is 0. The fourth-order valence-corrected chi connectivity index (χ4v) is 0. The van der Waals surface area contributed by atoms with Crippen molar-refractivity contribution < 1.29 is 42.3 Å². The van der Waals surface area contributed by atoms with Crippen LogP contribution in [0.4, 0.5) is 0 Å². The molecule has 0 fully saturated rings. The minimum Gasteiger partial charge on any atom is -0.532 e. The summed E-state index contributed by atoms with van der Waals surface area (Å²) in [6, 6.07) is 0. The normalized spacial score (nSPS) is 4.67. The van der Waals surface area contributed by atoms with Gasteiger partial charge in [-0.05, 0) is 14.1 Å². The molecule has 0 rings (SSSR count). The van der Waals surface area contributed by atoms with Gasteiger partial charge in [-0.3, -0.25) is 0 Å². The zero-order valence-electron chi connectivity index (χ0n) is 5.39. The Balaban J connectivity index is -0.0000000720. The van der Waals surface area contributed by atoms with Crippen molar-refractivity contribution in [2.45, 2.75) is 0 Å². The van der Waals surface area contributed by atoms with Crippen molar-refractivity contribution >= 4 is 12.8 Å². The maximum absolute atomic E-state index is 8.94. The minimum atomic E-state index is 0. The monoisotopic (exact) mass is 205 g/mol.